The fourth-order valence-corrected chi connectivity index (χ4v) is 4.33. The number of hydrogen-bond acceptors (Lipinski definition) is 7. The van der Waals surface area contributed by atoms with E-state index < -0.39 is 0 Å². The Bertz CT molecular complexity index is 868. The van der Waals surface area contributed by atoms with Gasteiger partial charge < -0.3 is 16.0 Å². The maximum Gasteiger partial charge on any atom is 0.246 e. The molecule has 122 valence electrons. The Kier molecular flexibility index (Phi) is 3.58. The Morgan fingerprint density at radius 2 is 2.21 bits per heavy atom. The molecule has 0 saturated carbocycles. The van der Waals surface area contributed by atoms with E-state index in [1.165, 1.54) is 17.6 Å². The molecule has 24 heavy (non-hydrogen) atoms. The van der Waals surface area contributed by atoms with Gasteiger partial charge in [-0.2, -0.15) is 5.26 Å². The topological polar surface area (TPSA) is 103 Å². The average molecular weight is 340 g/mol. The standard InChI is InChI=1S/C16H16N6OS/c1-8-15(23)21-12-13(20-8)18-7-19-14(12)22-16-10(6-17)9-4-2-3-5-11(9)24-16/h7-8H,2-5H2,1H3,(H,21,23)(H2,18,19,20,22). The van der Waals surface area contributed by atoms with E-state index in [1.54, 1.807) is 18.3 Å². The SMILES string of the molecule is CC1Nc2ncnc(Nc3sc4c(c3C#N)CCCC4)c2NC1=O. The van der Waals surface area contributed by atoms with Gasteiger partial charge >= 0.3 is 0 Å². The summed E-state index contributed by atoms with van der Waals surface area (Å²) in [6.07, 6.45) is 5.71. The monoisotopic (exact) mass is 340 g/mol. The summed E-state index contributed by atoms with van der Waals surface area (Å²) >= 11 is 1.61. The lowest BCUT2D eigenvalue weighted by atomic mass is 9.96. The molecule has 2 aromatic heterocycles. The minimum Gasteiger partial charge on any atom is -0.357 e. The van der Waals surface area contributed by atoms with Gasteiger partial charge in [0, 0.05) is 4.88 Å². The molecule has 1 aliphatic carbocycles. The number of aryl methyl sites for hydroxylation is 1. The van der Waals surface area contributed by atoms with E-state index in [0.717, 1.165) is 29.8 Å². The van der Waals surface area contributed by atoms with Crippen molar-refractivity contribution in [3.05, 3.63) is 22.3 Å². The molecule has 1 unspecified atom stereocenters. The van der Waals surface area contributed by atoms with Crippen LogP contribution in [0.3, 0.4) is 0 Å². The van der Waals surface area contributed by atoms with Crippen LogP contribution >= 0.6 is 11.3 Å². The van der Waals surface area contributed by atoms with Gasteiger partial charge in [-0.25, -0.2) is 9.97 Å². The normalized spacial score (nSPS) is 18.7. The van der Waals surface area contributed by atoms with Crippen LogP contribution in [0.4, 0.5) is 22.3 Å². The van der Waals surface area contributed by atoms with Crippen molar-refractivity contribution in [3.63, 3.8) is 0 Å². The van der Waals surface area contributed by atoms with Gasteiger partial charge in [0.15, 0.2) is 11.6 Å². The molecule has 2 aromatic rings. The molecule has 0 spiro atoms. The van der Waals surface area contributed by atoms with E-state index in [0.29, 0.717) is 22.9 Å². The van der Waals surface area contributed by atoms with Gasteiger partial charge in [0.25, 0.3) is 0 Å². The number of rotatable bonds is 2. The Labute approximate surface area is 143 Å². The van der Waals surface area contributed by atoms with Crippen LogP contribution in [0.1, 0.15) is 35.8 Å². The summed E-state index contributed by atoms with van der Waals surface area (Å²) in [5, 5.41) is 19.5. The van der Waals surface area contributed by atoms with Crippen LogP contribution < -0.4 is 16.0 Å². The number of nitrogens with zero attached hydrogens (tertiary/aromatic N) is 3. The molecule has 0 saturated heterocycles. The lowest BCUT2D eigenvalue weighted by Gasteiger charge is -2.24. The Balaban J connectivity index is 1.73. The zero-order valence-corrected chi connectivity index (χ0v) is 14.0. The lowest BCUT2D eigenvalue weighted by molar-refractivity contribution is -0.116. The van der Waals surface area contributed by atoms with E-state index in [4.69, 9.17) is 0 Å². The molecule has 7 nitrogen and oxygen atoms in total. The van der Waals surface area contributed by atoms with Gasteiger partial charge in [-0.05, 0) is 38.2 Å². The van der Waals surface area contributed by atoms with E-state index in [1.807, 2.05) is 0 Å². The first-order valence-electron chi connectivity index (χ1n) is 7.91. The van der Waals surface area contributed by atoms with Crippen LogP contribution in [-0.4, -0.2) is 21.9 Å². The zero-order valence-electron chi connectivity index (χ0n) is 13.1. The number of thiophene rings is 1. The molecule has 1 aliphatic heterocycles. The second-order valence-corrected chi connectivity index (χ2v) is 7.06. The molecule has 3 N–H and O–H groups in total. The third kappa shape index (κ3) is 2.37. The number of amides is 1. The summed E-state index contributed by atoms with van der Waals surface area (Å²) in [5.74, 6) is 0.952. The summed E-state index contributed by atoms with van der Waals surface area (Å²) in [7, 11) is 0. The summed E-state index contributed by atoms with van der Waals surface area (Å²) in [5.41, 5.74) is 2.39. The van der Waals surface area contributed by atoms with Crippen molar-refractivity contribution in [1.82, 2.24) is 9.97 Å². The number of fused-ring (bicyclic) bond motifs is 2. The number of anilines is 4. The number of hydrogen-bond donors (Lipinski definition) is 3. The van der Waals surface area contributed by atoms with Crippen LogP contribution in [0, 0.1) is 11.3 Å². The maximum atomic E-state index is 11.9. The highest BCUT2D eigenvalue weighted by molar-refractivity contribution is 7.16. The van der Waals surface area contributed by atoms with Gasteiger partial charge in [0.05, 0.1) is 5.56 Å². The fourth-order valence-electron chi connectivity index (χ4n) is 3.09. The first-order chi connectivity index (χ1) is 11.7. The van der Waals surface area contributed by atoms with Crippen LogP contribution in [0.5, 0.6) is 0 Å². The largest absolute Gasteiger partial charge is 0.357 e. The number of carbonyl (C=O) groups is 1. The summed E-state index contributed by atoms with van der Waals surface area (Å²) < 4.78 is 0. The van der Waals surface area contributed by atoms with Gasteiger partial charge in [-0.3, -0.25) is 4.79 Å². The average Bonchev–Trinajstić information content (AvgIpc) is 2.93. The number of aromatic nitrogens is 2. The van der Waals surface area contributed by atoms with Crippen LogP contribution in [0.2, 0.25) is 0 Å². The van der Waals surface area contributed by atoms with Crippen molar-refractivity contribution in [2.75, 3.05) is 16.0 Å². The maximum absolute atomic E-state index is 11.9. The van der Waals surface area contributed by atoms with Crippen LogP contribution in [-0.2, 0) is 17.6 Å². The molecular formula is C16H16N6OS. The molecule has 0 bridgehead atoms. The number of nitriles is 1. The van der Waals surface area contributed by atoms with Gasteiger partial charge in [0.2, 0.25) is 5.91 Å². The predicted molar refractivity (Wildman–Crippen MR) is 92.7 cm³/mol. The molecule has 3 heterocycles. The van der Waals surface area contributed by atoms with Crippen molar-refractivity contribution in [3.8, 4) is 6.07 Å². The molecule has 1 atom stereocenters. The van der Waals surface area contributed by atoms with E-state index >= 15 is 0 Å². The van der Waals surface area contributed by atoms with E-state index in [2.05, 4.69) is 32.0 Å². The zero-order chi connectivity index (χ0) is 16.7. The Morgan fingerprint density at radius 3 is 3.04 bits per heavy atom. The molecule has 1 amide bonds. The number of carbonyl (C=O) groups excluding carboxylic acids is 1. The quantitative estimate of drug-likeness (QED) is 0.777. The van der Waals surface area contributed by atoms with Crippen molar-refractivity contribution in [2.24, 2.45) is 0 Å². The highest BCUT2D eigenvalue weighted by Crippen LogP contribution is 2.40. The van der Waals surface area contributed by atoms with Gasteiger partial charge in [-0.15, -0.1) is 11.3 Å². The van der Waals surface area contributed by atoms with E-state index in [9.17, 15) is 10.1 Å². The minimum atomic E-state index is -0.344. The molecule has 8 heteroatoms. The second kappa shape index (κ2) is 5.76. The second-order valence-electron chi connectivity index (χ2n) is 5.95. The van der Waals surface area contributed by atoms with Crippen LogP contribution in [0.25, 0.3) is 0 Å². The highest BCUT2D eigenvalue weighted by atomic mass is 32.1. The van der Waals surface area contributed by atoms with Crippen molar-refractivity contribution >= 4 is 39.6 Å². The summed E-state index contributed by atoms with van der Waals surface area (Å²) in [6, 6.07) is 1.98. The molecule has 0 aromatic carbocycles. The fraction of sp³-hybridized carbons (Fsp3) is 0.375. The minimum absolute atomic E-state index is 0.133. The summed E-state index contributed by atoms with van der Waals surface area (Å²) in [4.78, 5) is 21.6. The van der Waals surface area contributed by atoms with Crippen molar-refractivity contribution in [2.45, 2.75) is 38.6 Å². The number of nitrogens with one attached hydrogen (secondary N) is 3. The molecule has 4 rings (SSSR count). The lowest BCUT2D eigenvalue weighted by Crippen LogP contribution is -2.37. The van der Waals surface area contributed by atoms with Crippen molar-refractivity contribution in [1.29, 1.82) is 5.26 Å². The third-order valence-corrected chi connectivity index (χ3v) is 5.56. The highest BCUT2D eigenvalue weighted by Gasteiger charge is 2.27. The Morgan fingerprint density at radius 1 is 1.38 bits per heavy atom. The molecule has 2 aliphatic rings. The molecular weight excluding hydrogens is 324 g/mol. The van der Waals surface area contributed by atoms with Crippen LogP contribution in [0.15, 0.2) is 6.33 Å². The first kappa shape index (κ1) is 14.9. The van der Waals surface area contributed by atoms with Gasteiger partial charge in [0.1, 0.15) is 29.1 Å². The van der Waals surface area contributed by atoms with E-state index in [-0.39, 0.29) is 11.9 Å². The third-order valence-electron chi connectivity index (χ3n) is 4.36. The Hall–Kier alpha value is -2.66. The predicted octanol–water partition coefficient (Wildman–Crippen LogP) is 2.78. The van der Waals surface area contributed by atoms with Gasteiger partial charge in [-0.1, -0.05) is 0 Å². The molecule has 0 radical (unpaired) electrons. The first-order valence-corrected chi connectivity index (χ1v) is 8.73. The van der Waals surface area contributed by atoms with Crippen molar-refractivity contribution < 1.29 is 4.79 Å². The smallest absolute Gasteiger partial charge is 0.246 e. The molecule has 0 fully saturated rings. The summed E-state index contributed by atoms with van der Waals surface area (Å²) in [6.45, 7) is 1.77.